The van der Waals surface area contributed by atoms with Gasteiger partial charge in [-0.3, -0.25) is 24.0 Å². The highest BCUT2D eigenvalue weighted by Gasteiger charge is 2.53. The summed E-state index contributed by atoms with van der Waals surface area (Å²) in [5, 5.41) is 0. The highest BCUT2D eigenvalue weighted by atomic mass is 19.1. The fourth-order valence-electron chi connectivity index (χ4n) is 6.38. The van der Waals surface area contributed by atoms with E-state index in [1.54, 1.807) is 48.5 Å². The molecule has 248 valence electrons. The van der Waals surface area contributed by atoms with Crippen molar-refractivity contribution >= 4 is 35.7 Å². The summed E-state index contributed by atoms with van der Waals surface area (Å²) in [7, 11) is 0. The van der Waals surface area contributed by atoms with E-state index in [-0.39, 0.29) is 18.6 Å². The lowest BCUT2D eigenvalue weighted by Gasteiger charge is -2.33. The van der Waals surface area contributed by atoms with E-state index in [2.05, 4.69) is 0 Å². The quantitative estimate of drug-likeness (QED) is 0.0385. The van der Waals surface area contributed by atoms with Crippen molar-refractivity contribution in [2.75, 3.05) is 13.2 Å². The number of hydrogen-bond acceptors (Lipinski definition) is 10. The summed E-state index contributed by atoms with van der Waals surface area (Å²) < 4.78 is 28.7. The maximum Gasteiger partial charge on any atom is 0.321 e. The van der Waals surface area contributed by atoms with Gasteiger partial charge in [0.1, 0.15) is 11.6 Å². The third-order valence-electron chi connectivity index (χ3n) is 8.83. The standard InChI is InChI=1S/C37H33FO10/c38-24-10-8-23(9-11-24)32(39)16-7-22-5-12-25(13-6-22)48-45-18-4-2-1-3-17-44-26-14-15-27-28(30-21-33(40)46-35(30)41)20-31-34(29(27)19-26)37(43)47-36(31)42/h5-16,19,28,30-31,34H,1-4,17-18,20-21H2. The van der Waals surface area contributed by atoms with Gasteiger partial charge in [-0.25, -0.2) is 4.39 Å². The number of benzene rings is 3. The van der Waals surface area contributed by atoms with Gasteiger partial charge in [-0.15, -0.1) is 0 Å². The van der Waals surface area contributed by atoms with Crippen LogP contribution in [0, 0.1) is 17.7 Å². The summed E-state index contributed by atoms with van der Waals surface area (Å²) in [6.07, 6.45) is 6.60. The van der Waals surface area contributed by atoms with Crippen LogP contribution in [0.4, 0.5) is 4.39 Å². The zero-order valence-electron chi connectivity index (χ0n) is 25.9. The van der Waals surface area contributed by atoms with Gasteiger partial charge in [0, 0.05) is 5.56 Å². The van der Waals surface area contributed by atoms with Gasteiger partial charge >= 0.3 is 23.9 Å². The van der Waals surface area contributed by atoms with E-state index in [0.29, 0.717) is 35.8 Å². The number of allylic oxidation sites excluding steroid dienone is 1. The fraction of sp³-hybridized carbons (Fsp3) is 0.324. The van der Waals surface area contributed by atoms with Gasteiger partial charge in [0.05, 0.1) is 37.4 Å². The number of fused-ring (bicyclic) bond motifs is 3. The summed E-state index contributed by atoms with van der Waals surface area (Å²) >= 11 is 0. The first kappa shape index (κ1) is 32.8. The van der Waals surface area contributed by atoms with Gasteiger partial charge in [0.25, 0.3) is 0 Å². The lowest BCUT2D eigenvalue weighted by atomic mass is 9.67. The molecule has 0 amide bonds. The Balaban J connectivity index is 0.906. The normalized spacial score (nSPS) is 21.5. The molecule has 1 aliphatic carbocycles. The first-order chi connectivity index (χ1) is 23.3. The van der Waals surface area contributed by atoms with E-state index in [1.807, 2.05) is 0 Å². The predicted molar refractivity (Wildman–Crippen MR) is 167 cm³/mol. The molecule has 0 aromatic heterocycles. The van der Waals surface area contributed by atoms with Crippen LogP contribution >= 0.6 is 0 Å². The molecule has 3 aliphatic rings. The second kappa shape index (κ2) is 14.7. The smallest absolute Gasteiger partial charge is 0.321 e. The minimum atomic E-state index is -0.762. The second-order valence-electron chi connectivity index (χ2n) is 12.0. The number of cyclic esters (lactones) is 4. The van der Waals surface area contributed by atoms with Crippen LogP contribution in [0.5, 0.6) is 11.5 Å². The highest BCUT2D eigenvalue weighted by molar-refractivity contribution is 6.06. The molecular weight excluding hydrogens is 623 g/mol. The molecule has 4 atom stereocenters. The average Bonchev–Trinajstić information content (AvgIpc) is 3.58. The van der Waals surface area contributed by atoms with Crippen LogP contribution in [0.2, 0.25) is 0 Å². The Morgan fingerprint density at radius 2 is 1.46 bits per heavy atom. The van der Waals surface area contributed by atoms with Gasteiger partial charge < -0.3 is 19.1 Å². The van der Waals surface area contributed by atoms with Crippen molar-refractivity contribution in [2.24, 2.45) is 11.8 Å². The first-order valence-electron chi connectivity index (χ1n) is 15.9. The fourth-order valence-corrected chi connectivity index (χ4v) is 6.38. The number of halogens is 1. The summed E-state index contributed by atoms with van der Waals surface area (Å²) in [6, 6.07) is 17.7. The van der Waals surface area contributed by atoms with Crippen LogP contribution in [0.3, 0.4) is 0 Å². The molecule has 11 heteroatoms. The molecule has 6 rings (SSSR count). The number of carbonyl (C=O) groups excluding carboxylic acids is 5. The molecule has 0 saturated carbocycles. The van der Waals surface area contributed by atoms with Crippen molar-refractivity contribution in [3.63, 3.8) is 0 Å². The van der Waals surface area contributed by atoms with Crippen LogP contribution in [0.25, 0.3) is 6.08 Å². The van der Waals surface area contributed by atoms with Crippen LogP contribution in [-0.4, -0.2) is 42.9 Å². The number of hydrogen-bond donors (Lipinski definition) is 0. The van der Waals surface area contributed by atoms with Gasteiger partial charge in [0.15, 0.2) is 11.5 Å². The van der Waals surface area contributed by atoms with Crippen molar-refractivity contribution in [1.29, 1.82) is 0 Å². The molecule has 0 spiro atoms. The third kappa shape index (κ3) is 7.52. The number of unbranched alkanes of at least 4 members (excludes halogenated alkanes) is 3. The van der Waals surface area contributed by atoms with Crippen molar-refractivity contribution in [2.45, 2.75) is 50.4 Å². The maximum absolute atomic E-state index is 13.0. The molecule has 3 aromatic carbocycles. The Labute approximate surface area is 275 Å². The Morgan fingerprint density at radius 3 is 2.19 bits per heavy atom. The van der Waals surface area contributed by atoms with Gasteiger partial charge in [-0.1, -0.05) is 30.7 Å². The monoisotopic (exact) mass is 656 g/mol. The van der Waals surface area contributed by atoms with E-state index < -0.39 is 53.4 Å². The maximum atomic E-state index is 13.0. The molecule has 2 fully saturated rings. The van der Waals surface area contributed by atoms with E-state index in [1.165, 1.54) is 30.3 Å². The van der Waals surface area contributed by atoms with E-state index in [9.17, 15) is 28.4 Å². The minimum absolute atomic E-state index is 0.0598. The number of ketones is 1. The zero-order chi connectivity index (χ0) is 33.6. The van der Waals surface area contributed by atoms with Gasteiger partial charge in [-0.05, 0) is 103 Å². The van der Waals surface area contributed by atoms with Crippen molar-refractivity contribution in [3.8, 4) is 11.5 Å². The largest absolute Gasteiger partial charge is 0.494 e. The molecule has 3 aromatic rings. The SMILES string of the molecule is O=C1CC(C2CC3C(=O)OC(=O)C3c3cc(OCCCCCCOOc4ccc(C=CC(=O)c5ccc(F)cc5)cc4)ccc32)C(=O)O1. The molecule has 4 unspecified atom stereocenters. The first-order valence-corrected chi connectivity index (χ1v) is 15.9. The lowest BCUT2D eigenvalue weighted by Crippen LogP contribution is -2.31. The van der Waals surface area contributed by atoms with Gasteiger partial charge in [-0.2, -0.15) is 4.89 Å². The summed E-state index contributed by atoms with van der Waals surface area (Å²) in [6.45, 7) is 0.842. The van der Waals surface area contributed by atoms with Crippen LogP contribution in [0.1, 0.15) is 77.4 Å². The minimum Gasteiger partial charge on any atom is -0.494 e. The van der Waals surface area contributed by atoms with E-state index in [0.717, 1.165) is 36.8 Å². The molecule has 2 heterocycles. The number of rotatable bonds is 14. The second-order valence-corrected chi connectivity index (χ2v) is 12.0. The topological polar surface area (TPSA) is 132 Å². The van der Waals surface area contributed by atoms with E-state index in [4.69, 9.17) is 24.0 Å². The molecule has 2 aliphatic heterocycles. The Morgan fingerprint density at radius 1 is 0.750 bits per heavy atom. The Kier molecular flexibility index (Phi) is 10.1. The molecule has 2 saturated heterocycles. The molecule has 0 radical (unpaired) electrons. The number of esters is 4. The average molecular weight is 657 g/mol. The summed E-state index contributed by atoms with van der Waals surface area (Å²) in [5.74, 6) is -4.58. The molecule has 10 nitrogen and oxygen atoms in total. The zero-order valence-corrected chi connectivity index (χ0v) is 25.9. The van der Waals surface area contributed by atoms with Crippen LogP contribution in [-0.2, 0) is 33.5 Å². The van der Waals surface area contributed by atoms with Crippen molar-refractivity contribution in [1.82, 2.24) is 0 Å². The highest BCUT2D eigenvalue weighted by Crippen LogP contribution is 2.51. The predicted octanol–water partition coefficient (Wildman–Crippen LogP) is 6.03. The Bertz CT molecular complexity index is 1730. The molecule has 0 N–H and O–H groups in total. The third-order valence-corrected chi connectivity index (χ3v) is 8.83. The number of ether oxygens (including phenoxy) is 3. The van der Waals surface area contributed by atoms with Gasteiger partial charge in [0.2, 0.25) is 0 Å². The Hall–Kier alpha value is -5.16. The van der Waals surface area contributed by atoms with Crippen LogP contribution < -0.4 is 9.62 Å². The molecular formula is C37H33FO10. The van der Waals surface area contributed by atoms with Crippen molar-refractivity contribution in [3.05, 3.63) is 101 Å². The van der Waals surface area contributed by atoms with Crippen LogP contribution in [0.15, 0.2) is 72.8 Å². The van der Waals surface area contributed by atoms with E-state index >= 15 is 0 Å². The molecule has 0 bridgehead atoms. The lowest BCUT2D eigenvalue weighted by molar-refractivity contribution is -0.207. The summed E-state index contributed by atoms with van der Waals surface area (Å²) in [5.41, 5.74) is 2.53. The van der Waals surface area contributed by atoms with Crippen molar-refractivity contribution < 1.29 is 52.3 Å². The summed E-state index contributed by atoms with van der Waals surface area (Å²) in [4.78, 5) is 72.0. The number of carbonyl (C=O) groups is 5. The molecule has 48 heavy (non-hydrogen) atoms.